The predicted octanol–water partition coefficient (Wildman–Crippen LogP) is 1.47. The second-order valence-corrected chi connectivity index (χ2v) is 5.89. The fourth-order valence-electron chi connectivity index (χ4n) is 3.64. The lowest BCUT2D eigenvalue weighted by atomic mass is 9.99. The van der Waals surface area contributed by atoms with Gasteiger partial charge in [-0.1, -0.05) is 6.42 Å². The molecule has 0 aromatic carbocycles. The van der Waals surface area contributed by atoms with Gasteiger partial charge in [-0.2, -0.15) is 14.6 Å². The summed E-state index contributed by atoms with van der Waals surface area (Å²) in [6, 6.07) is 3.26. The molecule has 0 radical (unpaired) electrons. The van der Waals surface area contributed by atoms with Gasteiger partial charge in [0.1, 0.15) is 12.1 Å². The van der Waals surface area contributed by atoms with E-state index in [9.17, 15) is 0 Å². The van der Waals surface area contributed by atoms with Gasteiger partial charge in [-0.05, 0) is 32.7 Å². The lowest BCUT2D eigenvalue weighted by Gasteiger charge is -2.32. The molecule has 0 aliphatic carbocycles. The lowest BCUT2D eigenvalue weighted by Crippen LogP contribution is -2.42. The molecule has 106 valence electrons. The van der Waals surface area contributed by atoms with Crippen molar-refractivity contribution in [3.63, 3.8) is 0 Å². The minimum absolute atomic E-state index is 0.518. The molecule has 2 aromatic heterocycles. The van der Waals surface area contributed by atoms with Crippen LogP contribution in [0.4, 0.5) is 5.82 Å². The van der Waals surface area contributed by atoms with Crippen LogP contribution in [0.1, 0.15) is 31.4 Å². The number of anilines is 1. The smallest absolute Gasteiger partial charge is 0.254 e. The molecule has 2 aliphatic heterocycles. The summed E-state index contributed by atoms with van der Waals surface area (Å²) in [5.41, 5.74) is 0.978. The number of piperidine rings is 1. The summed E-state index contributed by atoms with van der Waals surface area (Å²) >= 11 is 0. The van der Waals surface area contributed by atoms with E-state index in [0.717, 1.165) is 11.5 Å². The molecule has 2 saturated heterocycles. The highest BCUT2D eigenvalue weighted by Gasteiger charge is 2.35. The van der Waals surface area contributed by atoms with E-state index in [0.29, 0.717) is 17.9 Å². The van der Waals surface area contributed by atoms with Crippen molar-refractivity contribution in [3.8, 4) is 0 Å². The fourth-order valence-corrected chi connectivity index (χ4v) is 3.64. The van der Waals surface area contributed by atoms with Gasteiger partial charge in [0.25, 0.3) is 5.78 Å². The molecule has 20 heavy (non-hydrogen) atoms. The van der Waals surface area contributed by atoms with Crippen LogP contribution in [0.5, 0.6) is 0 Å². The fraction of sp³-hybridized carbons (Fsp3) is 0.643. The van der Waals surface area contributed by atoms with Gasteiger partial charge in [0.05, 0.1) is 0 Å². The maximum atomic E-state index is 4.39. The molecule has 0 amide bonds. The van der Waals surface area contributed by atoms with Crippen LogP contribution in [0.15, 0.2) is 12.4 Å². The molecule has 6 heteroatoms. The predicted molar refractivity (Wildman–Crippen MR) is 76.8 cm³/mol. The van der Waals surface area contributed by atoms with E-state index in [1.54, 1.807) is 10.8 Å². The van der Waals surface area contributed by atoms with Crippen molar-refractivity contribution in [1.29, 1.82) is 0 Å². The first-order valence-corrected chi connectivity index (χ1v) is 7.49. The normalized spacial score (nSPS) is 26.9. The van der Waals surface area contributed by atoms with E-state index in [1.807, 2.05) is 6.92 Å². The molecule has 2 aliphatic rings. The van der Waals surface area contributed by atoms with E-state index in [2.05, 4.69) is 31.3 Å². The Kier molecular flexibility index (Phi) is 2.84. The number of nitrogens with one attached hydrogen (secondary N) is 1. The molecule has 4 rings (SSSR count). The maximum Gasteiger partial charge on any atom is 0.254 e. The molecule has 0 spiro atoms. The van der Waals surface area contributed by atoms with Crippen LogP contribution in [-0.4, -0.2) is 49.7 Å². The topological polar surface area (TPSA) is 58.4 Å². The first-order chi connectivity index (χ1) is 9.81. The summed E-state index contributed by atoms with van der Waals surface area (Å²) in [7, 11) is 0. The Morgan fingerprint density at radius 2 is 2.20 bits per heavy atom. The molecule has 4 heterocycles. The van der Waals surface area contributed by atoms with E-state index in [-0.39, 0.29) is 0 Å². The van der Waals surface area contributed by atoms with Crippen molar-refractivity contribution >= 4 is 11.6 Å². The van der Waals surface area contributed by atoms with Crippen LogP contribution in [0.2, 0.25) is 0 Å². The molecular weight excluding hydrogens is 252 g/mol. The van der Waals surface area contributed by atoms with Gasteiger partial charge in [-0.15, -0.1) is 0 Å². The zero-order chi connectivity index (χ0) is 13.5. The Morgan fingerprint density at radius 3 is 3.15 bits per heavy atom. The van der Waals surface area contributed by atoms with Crippen LogP contribution in [0, 0.1) is 6.92 Å². The third-order valence-corrected chi connectivity index (χ3v) is 4.57. The van der Waals surface area contributed by atoms with Crippen molar-refractivity contribution in [2.75, 3.05) is 18.4 Å². The monoisotopic (exact) mass is 272 g/mol. The van der Waals surface area contributed by atoms with E-state index >= 15 is 0 Å². The maximum absolute atomic E-state index is 4.39. The highest BCUT2D eigenvalue weighted by atomic mass is 15.4. The van der Waals surface area contributed by atoms with E-state index < -0.39 is 0 Å². The number of aryl methyl sites for hydroxylation is 1. The van der Waals surface area contributed by atoms with Gasteiger partial charge < -0.3 is 5.32 Å². The highest BCUT2D eigenvalue weighted by Crippen LogP contribution is 2.29. The van der Waals surface area contributed by atoms with Crippen LogP contribution >= 0.6 is 0 Å². The molecule has 1 N–H and O–H groups in total. The number of hydrogen-bond donors (Lipinski definition) is 1. The quantitative estimate of drug-likeness (QED) is 0.897. The second kappa shape index (κ2) is 4.70. The standard InChI is InChI=1S/C14H20N6/c1-10-8-13(20-14(17-10)15-9-16-20)18-11-5-7-19-6-3-2-4-12(11)19/h8-9,11-12,18H,2-7H2,1H3. The lowest BCUT2D eigenvalue weighted by molar-refractivity contribution is 0.192. The first-order valence-electron chi connectivity index (χ1n) is 7.49. The summed E-state index contributed by atoms with van der Waals surface area (Å²) in [5.74, 6) is 1.69. The Labute approximate surface area is 118 Å². The van der Waals surface area contributed by atoms with Gasteiger partial charge in [-0.25, -0.2) is 4.98 Å². The van der Waals surface area contributed by atoms with Crippen molar-refractivity contribution in [2.24, 2.45) is 0 Å². The average Bonchev–Trinajstić information content (AvgIpc) is 3.06. The average molecular weight is 272 g/mol. The Hall–Kier alpha value is -1.69. The summed E-state index contributed by atoms with van der Waals surface area (Å²) in [5, 5.41) is 7.96. The largest absolute Gasteiger partial charge is 0.365 e. The SMILES string of the molecule is Cc1cc(NC2CCN3CCCCC23)n2ncnc2n1. The van der Waals surface area contributed by atoms with Crippen molar-refractivity contribution in [2.45, 2.75) is 44.7 Å². The third-order valence-electron chi connectivity index (χ3n) is 4.57. The van der Waals surface area contributed by atoms with Gasteiger partial charge in [0, 0.05) is 30.4 Å². The number of fused-ring (bicyclic) bond motifs is 2. The molecule has 2 aromatic rings. The Bertz CT molecular complexity index is 621. The van der Waals surface area contributed by atoms with Crippen LogP contribution < -0.4 is 5.32 Å². The minimum Gasteiger partial charge on any atom is -0.365 e. The van der Waals surface area contributed by atoms with Gasteiger partial charge in [-0.3, -0.25) is 4.90 Å². The number of aromatic nitrogens is 4. The molecule has 2 fully saturated rings. The minimum atomic E-state index is 0.518. The number of rotatable bonds is 2. The molecule has 0 bridgehead atoms. The van der Waals surface area contributed by atoms with Crippen LogP contribution in [0.3, 0.4) is 0 Å². The van der Waals surface area contributed by atoms with Crippen molar-refractivity contribution in [1.82, 2.24) is 24.5 Å². The Morgan fingerprint density at radius 1 is 1.25 bits per heavy atom. The highest BCUT2D eigenvalue weighted by molar-refractivity contribution is 5.45. The first kappa shape index (κ1) is 12.1. The Balaban J connectivity index is 1.62. The third kappa shape index (κ3) is 1.95. The van der Waals surface area contributed by atoms with E-state index in [4.69, 9.17) is 0 Å². The van der Waals surface area contributed by atoms with Gasteiger partial charge in [0.15, 0.2) is 0 Å². The van der Waals surface area contributed by atoms with Crippen molar-refractivity contribution < 1.29 is 0 Å². The van der Waals surface area contributed by atoms with Crippen LogP contribution in [-0.2, 0) is 0 Å². The molecule has 6 nitrogen and oxygen atoms in total. The molecule has 2 atom stereocenters. The molecule has 0 saturated carbocycles. The molecular formula is C14H20N6. The summed E-state index contributed by atoms with van der Waals surface area (Å²) in [4.78, 5) is 11.2. The van der Waals surface area contributed by atoms with Crippen molar-refractivity contribution in [3.05, 3.63) is 18.1 Å². The summed E-state index contributed by atoms with van der Waals surface area (Å²) in [6.07, 6.45) is 6.79. The summed E-state index contributed by atoms with van der Waals surface area (Å²) < 4.78 is 1.80. The van der Waals surface area contributed by atoms with Gasteiger partial charge in [0.2, 0.25) is 0 Å². The molecule has 2 unspecified atom stereocenters. The zero-order valence-corrected chi connectivity index (χ0v) is 11.8. The number of nitrogens with zero attached hydrogens (tertiary/aromatic N) is 5. The second-order valence-electron chi connectivity index (χ2n) is 5.89. The number of hydrogen-bond acceptors (Lipinski definition) is 5. The van der Waals surface area contributed by atoms with Gasteiger partial charge >= 0.3 is 0 Å². The van der Waals surface area contributed by atoms with E-state index in [1.165, 1.54) is 38.8 Å². The summed E-state index contributed by atoms with van der Waals surface area (Å²) in [6.45, 7) is 4.48. The zero-order valence-electron chi connectivity index (χ0n) is 11.8. The van der Waals surface area contributed by atoms with Crippen LogP contribution in [0.25, 0.3) is 5.78 Å².